The van der Waals surface area contributed by atoms with E-state index in [9.17, 15) is 4.79 Å². The third-order valence-corrected chi connectivity index (χ3v) is 4.42. The Morgan fingerprint density at radius 3 is 3.05 bits per heavy atom. The number of aryl methyl sites for hydroxylation is 1. The number of hydrogen-bond donors (Lipinski definition) is 1. The number of hydrogen-bond acceptors (Lipinski definition) is 5. The van der Waals surface area contributed by atoms with Crippen molar-refractivity contribution in [2.75, 3.05) is 18.9 Å². The number of anilines is 1. The van der Waals surface area contributed by atoms with Crippen LogP contribution in [0.5, 0.6) is 0 Å². The highest BCUT2D eigenvalue weighted by Gasteiger charge is 2.32. The minimum Gasteiger partial charge on any atom is -0.373 e. The molecule has 3 heterocycles. The van der Waals surface area contributed by atoms with Crippen molar-refractivity contribution in [2.45, 2.75) is 25.8 Å². The average molecular weight is 302 g/mol. The first-order valence-electron chi connectivity index (χ1n) is 7.05. The number of amides is 1. The van der Waals surface area contributed by atoms with Gasteiger partial charge in [0.25, 0.3) is 5.91 Å². The molecule has 1 amide bonds. The van der Waals surface area contributed by atoms with Crippen LogP contribution in [0.3, 0.4) is 0 Å². The van der Waals surface area contributed by atoms with Crippen molar-refractivity contribution in [3.05, 3.63) is 40.0 Å². The second-order valence-corrected chi connectivity index (χ2v) is 5.92. The molecule has 21 heavy (non-hydrogen) atoms. The molecule has 0 aromatic carbocycles. The number of carbonyl (C=O) groups is 1. The minimum atomic E-state index is 0.0474. The highest BCUT2D eigenvalue weighted by atomic mass is 32.1. The average Bonchev–Trinajstić information content (AvgIpc) is 3.17. The van der Waals surface area contributed by atoms with Crippen molar-refractivity contribution in [1.29, 1.82) is 0 Å². The molecule has 0 radical (unpaired) electrons. The van der Waals surface area contributed by atoms with Gasteiger partial charge in [-0.2, -0.15) is 11.3 Å². The van der Waals surface area contributed by atoms with Crippen LogP contribution in [0.15, 0.2) is 22.9 Å². The lowest BCUT2D eigenvalue weighted by molar-refractivity contribution is 0.0733. The molecule has 0 spiro atoms. The molecule has 0 aliphatic carbocycles. The van der Waals surface area contributed by atoms with Gasteiger partial charge in [-0.3, -0.25) is 4.79 Å². The molecule has 1 saturated heterocycles. The van der Waals surface area contributed by atoms with E-state index in [0.29, 0.717) is 0 Å². The second kappa shape index (κ2) is 5.81. The highest BCUT2D eigenvalue weighted by molar-refractivity contribution is 7.08. The van der Waals surface area contributed by atoms with Crippen molar-refractivity contribution < 1.29 is 4.79 Å². The van der Waals surface area contributed by atoms with E-state index in [2.05, 4.69) is 15.3 Å². The van der Waals surface area contributed by atoms with E-state index >= 15 is 0 Å². The van der Waals surface area contributed by atoms with E-state index in [1.165, 1.54) is 0 Å². The van der Waals surface area contributed by atoms with E-state index in [1.54, 1.807) is 11.3 Å². The van der Waals surface area contributed by atoms with Crippen molar-refractivity contribution in [2.24, 2.45) is 0 Å². The first-order valence-corrected chi connectivity index (χ1v) is 8.00. The smallest absolute Gasteiger partial charge is 0.255 e. The number of carbonyl (C=O) groups excluding carboxylic acids is 1. The first-order chi connectivity index (χ1) is 10.2. The molecule has 1 atom stereocenters. The van der Waals surface area contributed by atoms with Gasteiger partial charge in [-0.1, -0.05) is 0 Å². The summed E-state index contributed by atoms with van der Waals surface area (Å²) in [5, 5.41) is 6.89. The van der Waals surface area contributed by atoms with Crippen LogP contribution >= 0.6 is 11.3 Å². The van der Waals surface area contributed by atoms with Gasteiger partial charge in [-0.25, -0.2) is 9.97 Å². The Balaban J connectivity index is 1.90. The van der Waals surface area contributed by atoms with Gasteiger partial charge < -0.3 is 10.2 Å². The van der Waals surface area contributed by atoms with Crippen molar-refractivity contribution in [1.82, 2.24) is 14.9 Å². The van der Waals surface area contributed by atoms with Crippen LogP contribution in [0.1, 0.15) is 40.8 Å². The molecule has 110 valence electrons. The Bertz CT molecular complexity index is 641. The summed E-state index contributed by atoms with van der Waals surface area (Å²) in [6.45, 7) is 2.67. The number of nitrogens with zero attached hydrogens (tertiary/aromatic N) is 3. The molecule has 1 fully saturated rings. The van der Waals surface area contributed by atoms with Gasteiger partial charge in [0.15, 0.2) is 0 Å². The molecule has 5 nitrogen and oxygen atoms in total. The van der Waals surface area contributed by atoms with E-state index in [0.717, 1.165) is 42.3 Å². The molecular formula is C15H18N4OS. The van der Waals surface area contributed by atoms with Crippen LogP contribution in [-0.4, -0.2) is 34.4 Å². The molecule has 1 N–H and O–H groups in total. The predicted octanol–water partition coefficient (Wildman–Crippen LogP) is 2.87. The van der Waals surface area contributed by atoms with E-state index < -0.39 is 0 Å². The molecule has 2 aromatic heterocycles. The van der Waals surface area contributed by atoms with E-state index in [-0.39, 0.29) is 11.9 Å². The Hall–Kier alpha value is -1.95. The third kappa shape index (κ3) is 2.76. The second-order valence-electron chi connectivity index (χ2n) is 5.14. The van der Waals surface area contributed by atoms with Gasteiger partial charge in [0.05, 0.1) is 17.3 Å². The van der Waals surface area contributed by atoms with Crippen molar-refractivity contribution in [3.63, 3.8) is 0 Å². The molecule has 1 aliphatic rings. The highest BCUT2D eigenvalue weighted by Crippen LogP contribution is 2.33. The summed E-state index contributed by atoms with van der Waals surface area (Å²) < 4.78 is 0. The number of aromatic nitrogens is 2. The predicted molar refractivity (Wildman–Crippen MR) is 83.6 cm³/mol. The van der Waals surface area contributed by atoms with Crippen LogP contribution < -0.4 is 5.32 Å². The number of likely N-dealkylation sites (tertiary alicyclic amines) is 1. The Kier molecular flexibility index (Phi) is 3.88. The maximum atomic E-state index is 12.6. The Morgan fingerprint density at radius 1 is 1.48 bits per heavy atom. The molecule has 0 bridgehead atoms. The van der Waals surface area contributed by atoms with Crippen LogP contribution in [0.25, 0.3) is 0 Å². The van der Waals surface area contributed by atoms with Crippen molar-refractivity contribution >= 4 is 23.1 Å². The normalized spacial score (nSPS) is 18.0. The first kappa shape index (κ1) is 14.0. The van der Waals surface area contributed by atoms with Crippen LogP contribution in [0, 0.1) is 6.92 Å². The van der Waals surface area contributed by atoms with Gasteiger partial charge in [0, 0.05) is 25.0 Å². The van der Waals surface area contributed by atoms with E-state index in [1.807, 2.05) is 41.8 Å². The molecule has 2 aromatic rings. The quantitative estimate of drug-likeness (QED) is 0.947. The summed E-state index contributed by atoms with van der Waals surface area (Å²) in [6.07, 6.45) is 1.97. The van der Waals surface area contributed by atoms with Gasteiger partial charge in [-0.05, 0) is 31.2 Å². The van der Waals surface area contributed by atoms with Crippen molar-refractivity contribution in [3.8, 4) is 0 Å². The molecule has 1 aliphatic heterocycles. The summed E-state index contributed by atoms with van der Waals surface area (Å²) in [5.41, 5.74) is 1.69. The fraction of sp³-hybridized carbons (Fsp3) is 0.400. The lowest BCUT2D eigenvalue weighted by Gasteiger charge is -2.24. The molecule has 3 rings (SSSR count). The maximum Gasteiger partial charge on any atom is 0.255 e. The summed E-state index contributed by atoms with van der Waals surface area (Å²) in [7, 11) is 1.84. The lowest BCUT2D eigenvalue weighted by atomic mass is 10.1. The SMILES string of the molecule is CNc1cc([C@H]2CCCN2C(=O)c2ccsc2)nc(C)n1. The van der Waals surface area contributed by atoms with Crippen LogP contribution in [-0.2, 0) is 0 Å². The van der Waals surface area contributed by atoms with Gasteiger partial charge in [0.1, 0.15) is 11.6 Å². The summed E-state index contributed by atoms with van der Waals surface area (Å²) in [6, 6.07) is 3.87. The number of rotatable bonds is 3. The fourth-order valence-corrected chi connectivity index (χ4v) is 3.39. The zero-order valence-electron chi connectivity index (χ0n) is 12.2. The van der Waals surface area contributed by atoms with E-state index in [4.69, 9.17) is 0 Å². The summed E-state index contributed by atoms with van der Waals surface area (Å²) >= 11 is 1.55. The number of thiophene rings is 1. The molecule has 0 saturated carbocycles. The monoisotopic (exact) mass is 302 g/mol. The summed E-state index contributed by atoms with van der Waals surface area (Å²) in [4.78, 5) is 23.4. The Labute approximate surface area is 128 Å². The minimum absolute atomic E-state index is 0.0474. The Morgan fingerprint density at radius 2 is 2.33 bits per heavy atom. The largest absolute Gasteiger partial charge is 0.373 e. The summed E-state index contributed by atoms with van der Waals surface area (Å²) in [5.74, 6) is 1.63. The van der Waals surface area contributed by atoms with Crippen LogP contribution in [0.4, 0.5) is 5.82 Å². The number of nitrogens with one attached hydrogen (secondary N) is 1. The third-order valence-electron chi connectivity index (χ3n) is 3.74. The maximum absolute atomic E-state index is 12.6. The zero-order chi connectivity index (χ0) is 14.8. The lowest BCUT2D eigenvalue weighted by Crippen LogP contribution is -2.30. The van der Waals surface area contributed by atoms with Gasteiger partial charge in [0.2, 0.25) is 0 Å². The molecular weight excluding hydrogens is 284 g/mol. The van der Waals surface area contributed by atoms with Gasteiger partial charge in [-0.15, -0.1) is 0 Å². The van der Waals surface area contributed by atoms with Crippen LogP contribution in [0.2, 0.25) is 0 Å². The molecule has 6 heteroatoms. The molecule has 0 unspecified atom stereocenters. The van der Waals surface area contributed by atoms with Gasteiger partial charge >= 0.3 is 0 Å². The topological polar surface area (TPSA) is 58.1 Å². The zero-order valence-corrected chi connectivity index (χ0v) is 13.0. The fourth-order valence-electron chi connectivity index (χ4n) is 2.76. The standard InChI is InChI=1S/C15H18N4OS/c1-10-17-12(8-14(16-2)18-10)13-4-3-6-19(13)15(20)11-5-7-21-9-11/h5,7-9,13H,3-4,6H2,1-2H3,(H,16,17,18)/t13-/m1/s1.